The van der Waals surface area contributed by atoms with Gasteiger partial charge in [0.05, 0.1) is 0 Å². The smallest absolute Gasteiger partial charge is 0.166 e. The van der Waals surface area contributed by atoms with Gasteiger partial charge >= 0.3 is 0 Å². The minimum Gasteiger partial charge on any atom is -0.253 e. The molecule has 0 aromatic carbocycles. The van der Waals surface area contributed by atoms with Crippen LogP contribution in [0.25, 0.3) is 10.7 Å². The average Bonchev–Trinajstić information content (AvgIpc) is 2.53. The van der Waals surface area contributed by atoms with E-state index in [1.54, 1.807) is 11.3 Å². The first kappa shape index (κ1) is 9.01. The molecule has 2 aromatic heterocycles. The predicted octanol–water partition coefficient (Wildman–Crippen LogP) is 2.51. The van der Waals surface area contributed by atoms with Gasteiger partial charge in [0.15, 0.2) is 5.01 Å². The van der Waals surface area contributed by atoms with Crippen LogP contribution in [0.3, 0.4) is 0 Å². The number of pyridine rings is 1. The van der Waals surface area contributed by atoms with Gasteiger partial charge in [0.25, 0.3) is 0 Å². The zero-order valence-corrected chi connectivity index (χ0v) is 9.83. The van der Waals surface area contributed by atoms with Crippen molar-refractivity contribution in [3.63, 3.8) is 0 Å². The fourth-order valence-electron chi connectivity index (χ4n) is 0.902. The van der Waals surface area contributed by atoms with Crippen LogP contribution in [-0.4, -0.2) is 15.2 Å². The van der Waals surface area contributed by atoms with Crippen LogP contribution in [-0.2, 0) is 0 Å². The SMILES string of the molecule is Cc1nnc(-c2ccc(I)cn2)s1. The molecule has 0 radical (unpaired) electrons. The van der Waals surface area contributed by atoms with Crippen LogP contribution in [0.5, 0.6) is 0 Å². The molecule has 0 unspecified atom stereocenters. The van der Waals surface area contributed by atoms with E-state index in [9.17, 15) is 0 Å². The molecule has 0 fully saturated rings. The van der Waals surface area contributed by atoms with Crippen molar-refractivity contribution in [3.8, 4) is 10.7 Å². The summed E-state index contributed by atoms with van der Waals surface area (Å²) in [7, 11) is 0. The molecule has 0 aliphatic heterocycles. The van der Waals surface area contributed by atoms with E-state index in [1.807, 2.05) is 25.3 Å². The second-order valence-corrected chi connectivity index (χ2v) is 4.92. The third-order valence-corrected chi connectivity index (χ3v) is 2.97. The van der Waals surface area contributed by atoms with Gasteiger partial charge in [-0.2, -0.15) is 0 Å². The van der Waals surface area contributed by atoms with E-state index in [0.717, 1.165) is 19.3 Å². The summed E-state index contributed by atoms with van der Waals surface area (Å²) >= 11 is 3.79. The van der Waals surface area contributed by atoms with Gasteiger partial charge < -0.3 is 0 Å². The van der Waals surface area contributed by atoms with Crippen LogP contribution in [0.2, 0.25) is 0 Å². The number of halogens is 1. The van der Waals surface area contributed by atoms with Crippen LogP contribution in [0.1, 0.15) is 5.01 Å². The molecule has 0 atom stereocenters. The summed E-state index contributed by atoms with van der Waals surface area (Å²) in [6.45, 7) is 1.94. The van der Waals surface area contributed by atoms with E-state index in [2.05, 4.69) is 37.8 Å². The van der Waals surface area contributed by atoms with Crippen LogP contribution in [0.15, 0.2) is 18.3 Å². The minimum absolute atomic E-state index is 0.883. The highest BCUT2D eigenvalue weighted by atomic mass is 127. The Balaban J connectivity index is 2.41. The zero-order chi connectivity index (χ0) is 9.26. The molecule has 0 saturated carbocycles. The lowest BCUT2D eigenvalue weighted by Crippen LogP contribution is -1.82. The van der Waals surface area contributed by atoms with E-state index in [-0.39, 0.29) is 0 Å². The van der Waals surface area contributed by atoms with Crippen molar-refractivity contribution in [1.82, 2.24) is 15.2 Å². The van der Waals surface area contributed by atoms with E-state index in [1.165, 1.54) is 0 Å². The summed E-state index contributed by atoms with van der Waals surface area (Å²) in [5, 5.41) is 9.81. The number of rotatable bonds is 1. The third-order valence-electron chi connectivity index (χ3n) is 1.47. The fraction of sp³-hybridized carbons (Fsp3) is 0.125. The highest BCUT2D eigenvalue weighted by molar-refractivity contribution is 14.1. The lowest BCUT2D eigenvalue weighted by Gasteiger charge is -1.92. The summed E-state index contributed by atoms with van der Waals surface area (Å²) in [5.41, 5.74) is 0.894. The summed E-state index contributed by atoms with van der Waals surface area (Å²) in [6.07, 6.45) is 1.83. The maximum atomic E-state index is 4.26. The Bertz CT molecular complexity index is 410. The fourth-order valence-corrected chi connectivity index (χ4v) is 1.89. The first-order chi connectivity index (χ1) is 6.25. The second-order valence-electron chi connectivity index (χ2n) is 2.49. The van der Waals surface area contributed by atoms with E-state index >= 15 is 0 Å². The third kappa shape index (κ3) is 2.02. The molecule has 0 saturated heterocycles. The Labute approximate surface area is 93.4 Å². The number of aromatic nitrogens is 3. The Kier molecular flexibility index (Phi) is 2.54. The molecule has 3 nitrogen and oxygen atoms in total. The first-order valence-electron chi connectivity index (χ1n) is 3.68. The van der Waals surface area contributed by atoms with Crippen molar-refractivity contribution in [3.05, 3.63) is 26.9 Å². The summed E-state index contributed by atoms with van der Waals surface area (Å²) < 4.78 is 1.13. The lowest BCUT2D eigenvalue weighted by atomic mass is 10.4. The predicted molar refractivity (Wildman–Crippen MR) is 60.6 cm³/mol. The monoisotopic (exact) mass is 303 g/mol. The van der Waals surface area contributed by atoms with Gasteiger partial charge in [0, 0.05) is 9.77 Å². The zero-order valence-electron chi connectivity index (χ0n) is 6.86. The average molecular weight is 303 g/mol. The normalized spacial score (nSPS) is 10.3. The summed E-state index contributed by atoms with van der Waals surface area (Å²) in [5.74, 6) is 0. The van der Waals surface area contributed by atoms with Gasteiger partial charge in [-0.1, -0.05) is 11.3 Å². The van der Waals surface area contributed by atoms with Gasteiger partial charge in [-0.25, -0.2) is 0 Å². The quantitative estimate of drug-likeness (QED) is 0.760. The summed E-state index contributed by atoms with van der Waals surface area (Å²) in [4.78, 5) is 4.26. The molecule has 2 aromatic rings. The van der Waals surface area contributed by atoms with Crippen molar-refractivity contribution >= 4 is 33.9 Å². The molecule has 5 heteroatoms. The molecular formula is C8H6IN3S. The molecule has 13 heavy (non-hydrogen) atoms. The molecule has 0 N–H and O–H groups in total. The summed E-state index contributed by atoms with van der Waals surface area (Å²) in [6, 6.07) is 3.97. The highest BCUT2D eigenvalue weighted by Crippen LogP contribution is 2.20. The number of hydrogen-bond acceptors (Lipinski definition) is 4. The van der Waals surface area contributed by atoms with Crippen molar-refractivity contribution in [2.45, 2.75) is 6.92 Å². The standard InChI is InChI=1S/C8H6IN3S/c1-5-11-12-8(13-5)7-3-2-6(9)4-10-7/h2-4H,1H3. The Morgan fingerprint density at radius 3 is 2.69 bits per heavy atom. The molecule has 66 valence electrons. The molecular weight excluding hydrogens is 297 g/mol. The van der Waals surface area contributed by atoms with E-state index in [4.69, 9.17) is 0 Å². The van der Waals surface area contributed by atoms with Gasteiger partial charge in [-0.15, -0.1) is 10.2 Å². The van der Waals surface area contributed by atoms with Crippen LogP contribution >= 0.6 is 33.9 Å². The molecule has 0 spiro atoms. The van der Waals surface area contributed by atoms with Gasteiger partial charge in [-0.05, 0) is 41.6 Å². The van der Waals surface area contributed by atoms with E-state index < -0.39 is 0 Å². The first-order valence-corrected chi connectivity index (χ1v) is 5.57. The minimum atomic E-state index is 0.883. The number of nitrogens with zero attached hydrogens (tertiary/aromatic N) is 3. The van der Waals surface area contributed by atoms with Crippen molar-refractivity contribution in [1.29, 1.82) is 0 Å². The molecule has 2 rings (SSSR count). The Morgan fingerprint density at radius 1 is 1.31 bits per heavy atom. The molecule has 0 aliphatic carbocycles. The highest BCUT2D eigenvalue weighted by Gasteiger charge is 2.04. The van der Waals surface area contributed by atoms with Crippen LogP contribution in [0.4, 0.5) is 0 Å². The van der Waals surface area contributed by atoms with Crippen LogP contribution < -0.4 is 0 Å². The largest absolute Gasteiger partial charge is 0.253 e. The van der Waals surface area contributed by atoms with Gasteiger partial charge in [-0.3, -0.25) is 4.98 Å². The van der Waals surface area contributed by atoms with E-state index in [0.29, 0.717) is 0 Å². The maximum absolute atomic E-state index is 4.26. The second kappa shape index (κ2) is 3.67. The van der Waals surface area contributed by atoms with Gasteiger partial charge in [0.2, 0.25) is 0 Å². The molecule has 0 amide bonds. The van der Waals surface area contributed by atoms with Crippen molar-refractivity contribution in [2.24, 2.45) is 0 Å². The van der Waals surface area contributed by atoms with Crippen molar-refractivity contribution < 1.29 is 0 Å². The Morgan fingerprint density at radius 2 is 2.15 bits per heavy atom. The van der Waals surface area contributed by atoms with Crippen LogP contribution in [0, 0.1) is 10.5 Å². The Hall–Kier alpha value is -0.560. The number of aryl methyl sites for hydroxylation is 1. The number of hydrogen-bond donors (Lipinski definition) is 0. The maximum Gasteiger partial charge on any atom is 0.166 e. The lowest BCUT2D eigenvalue weighted by molar-refractivity contribution is 1.05. The molecule has 2 heterocycles. The molecule has 0 bridgehead atoms. The van der Waals surface area contributed by atoms with Gasteiger partial charge in [0.1, 0.15) is 10.7 Å². The molecule has 0 aliphatic rings. The topological polar surface area (TPSA) is 38.7 Å². The van der Waals surface area contributed by atoms with Crippen molar-refractivity contribution in [2.75, 3.05) is 0 Å².